The fourth-order valence-corrected chi connectivity index (χ4v) is 5.36. The van der Waals surface area contributed by atoms with E-state index in [1.54, 1.807) is 0 Å². The van der Waals surface area contributed by atoms with Gasteiger partial charge in [-0.05, 0) is 32.1 Å². The molecule has 0 spiro atoms. The molecule has 1 aliphatic heterocycles. The SMILES string of the molecule is CCCCCC(=O)OCCOCCOCCOCCOCC(COCCOCCOCCOCCOC(=O)CCCCC)OC(=O)NCCCCCCOC(=O)ON1C(=O)CCC1=O. The Hall–Kier alpha value is -3.70. The van der Waals surface area contributed by atoms with E-state index in [-0.39, 0.29) is 71.0 Å². The van der Waals surface area contributed by atoms with Crippen LogP contribution in [0.5, 0.6) is 0 Å². The van der Waals surface area contributed by atoms with Crippen LogP contribution in [0.1, 0.15) is 104 Å². The van der Waals surface area contributed by atoms with Crippen molar-refractivity contribution < 1.29 is 90.4 Å². The number of amides is 3. The summed E-state index contributed by atoms with van der Waals surface area (Å²) in [6.07, 6.45) is 6.81. The van der Waals surface area contributed by atoms with Gasteiger partial charge in [-0.3, -0.25) is 24.0 Å². The number of esters is 2. The van der Waals surface area contributed by atoms with Crippen molar-refractivity contribution in [1.29, 1.82) is 0 Å². The first kappa shape index (κ1) is 58.3. The van der Waals surface area contributed by atoms with Crippen molar-refractivity contribution in [2.45, 2.75) is 110 Å². The van der Waals surface area contributed by atoms with Crippen LogP contribution in [0, 0.1) is 0 Å². The van der Waals surface area contributed by atoms with Gasteiger partial charge in [0.2, 0.25) is 0 Å². The van der Waals surface area contributed by atoms with Crippen molar-refractivity contribution in [3.8, 4) is 0 Å². The lowest BCUT2D eigenvalue weighted by atomic mass is 10.2. The monoisotopic (exact) mass is 925 g/mol. The first-order valence-electron chi connectivity index (χ1n) is 22.8. The molecule has 0 aliphatic carbocycles. The summed E-state index contributed by atoms with van der Waals surface area (Å²) in [6, 6.07) is 0. The van der Waals surface area contributed by atoms with Gasteiger partial charge in [0.25, 0.3) is 11.8 Å². The highest BCUT2D eigenvalue weighted by molar-refractivity contribution is 6.01. The Morgan fingerprint density at radius 1 is 0.484 bits per heavy atom. The molecule has 21 heteroatoms. The maximum atomic E-state index is 12.6. The second-order valence-corrected chi connectivity index (χ2v) is 14.3. The predicted octanol–water partition coefficient (Wildman–Crippen LogP) is 4.24. The number of nitrogens with zero attached hydrogens (tertiary/aromatic N) is 1. The van der Waals surface area contributed by atoms with Gasteiger partial charge in [-0.2, -0.15) is 0 Å². The first-order valence-corrected chi connectivity index (χ1v) is 22.8. The van der Waals surface area contributed by atoms with Crippen LogP contribution >= 0.6 is 0 Å². The second kappa shape index (κ2) is 43.2. The van der Waals surface area contributed by atoms with Crippen LogP contribution in [0.15, 0.2) is 0 Å². The van der Waals surface area contributed by atoms with Gasteiger partial charge in [-0.25, -0.2) is 9.59 Å². The number of alkyl carbamates (subject to hydrolysis) is 1. The number of hydroxylamine groups is 2. The average Bonchev–Trinajstić information content (AvgIpc) is 3.59. The lowest BCUT2D eigenvalue weighted by molar-refractivity contribution is -0.177. The van der Waals surface area contributed by atoms with E-state index in [4.69, 9.17) is 56.8 Å². The van der Waals surface area contributed by atoms with E-state index in [1.807, 2.05) is 0 Å². The molecule has 3 amide bonds. The van der Waals surface area contributed by atoms with Crippen molar-refractivity contribution in [1.82, 2.24) is 10.4 Å². The second-order valence-electron chi connectivity index (χ2n) is 14.3. The summed E-state index contributed by atoms with van der Waals surface area (Å²) in [5.41, 5.74) is 0. The molecule has 1 N–H and O–H groups in total. The van der Waals surface area contributed by atoms with E-state index < -0.39 is 30.2 Å². The quantitative estimate of drug-likeness (QED) is 0.0389. The van der Waals surface area contributed by atoms with Gasteiger partial charge in [-0.1, -0.05) is 51.0 Å². The van der Waals surface area contributed by atoms with Crippen LogP contribution in [0.4, 0.5) is 9.59 Å². The zero-order chi connectivity index (χ0) is 46.6. The third-order valence-corrected chi connectivity index (χ3v) is 8.80. The topological polar surface area (TPSA) is 238 Å². The molecule has 0 saturated carbocycles. The molecule has 0 aromatic heterocycles. The number of rotatable bonds is 45. The fraction of sp³-hybridized carbons (Fsp3) is 0.860. The number of carbonyl (C=O) groups excluding carboxylic acids is 6. The molecule has 0 aromatic rings. The van der Waals surface area contributed by atoms with Crippen molar-refractivity contribution in [3.05, 3.63) is 0 Å². The Kier molecular flexibility index (Phi) is 39.4. The molecule has 1 fully saturated rings. The lowest BCUT2D eigenvalue weighted by Crippen LogP contribution is -2.35. The summed E-state index contributed by atoms with van der Waals surface area (Å²) in [5.74, 6) is -1.57. The van der Waals surface area contributed by atoms with Gasteiger partial charge in [0.15, 0.2) is 6.10 Å². The van der Waals surface area contributed by atoms with Gasteiger partial charge in [0, 0.05) is 32.2 Å². The number of ether oxygens (including phenoxy) is 12. The van der Waals surface area contributed by atoms with Crippen LogP contribution in [-0.2, 0) is 80.9 Å². The van der Waals surface area contributed by atoms with Gasteiger partial charge in [0.05, 0.1) is 112 Å². The molecule has 64 heavy (non-hydrogen) atoms. The predicted molar refractivity (Wildman–Crippen MR) is 227 cm³/mol. The number of hydrogen-bond acceptors (Lipinski definition) is 19. The third-order valence-electron chi connectivity index (χ3n) is 8.80. The molecular formula is C43H76N2O19. The average molecular weight is 925 g/mol. The van der Waals surface area contributed by atoms with Crippen molar-refractivity contribution in [3.63, 3.8) is 0 Å². The van der Waals surface area contributed by atoms with Crippen LogP contribution in [0.3, 0.4) is 0 Å². The molecule has 21 nitrogen and oxygen atoms in total. The molecule has 0 atom stereocenters. The number of unbranched alkanes of at least 4 members (excludes halogenated alkanes) is 7. The molecule has 1 rings (SSSR count). The van der Waals surface area contributed by atoms with Crippen LogP contribution in [0.25, 0.3) is 0 Å². The Labute approximate surface area is 378 Å². The first-order chi connectivity index (χ1) is 31.3. The standard InChI is InChI=1S/C43H76N2O19/c1-3-5-9-13-40(48)60-33-31-56-25-23-52-19-21-54-27-29-58-35-37(36-59-30-28-55-22-20-53-24-26-57-32-34-61-41(49)14-10-6-4-2)63-42(50)44-17-11-7-8-12-18-62-43(51)64-45-38(46)15-16-39(45)47/h37H,3-36H2,1-2H3,(H,44,50). The molecular weight excluding hydrogens is 848 g/mol. The molecule has 1 aliphatic rings. The number of nitrogens with one attached hydrogen (secondary N) is 1. The zero-order valence-corrected chi connectivity index (χ0v) is 38.3. The Morgan fingerprint density at radius 3 is 1.33 bits per heavy atom. The van der Waals surface area contributed by atoms with Gasteiger partial charge < -0.3 is 62.2 Å². The molecule has 1 saturated heterocycles. The van der Waals surface area contributed by atoms with E-state index in [0.717, 1.165) is 44.9 Å². The van der Waals surface area contributed by atoms with Crippen LogP contribution in [-0.4, -0.2) is 179 Å². The minimum atomic E-state index is -1.11. The Balaban J connectivity index is 2.20. The number of carbonyl (C=O) groups is 6. The summed E-state index contributed by atoms with van der Waals surface area (Å²) in [5, 5.41) is 3.14. The molecule has 372 valence electrons. The minimum Gasteiger partial charge on any atom is -0.463 e. The molecule has 0 radical (unpaired) electrons. The van der Waals surface area contributed by atoms with Crippen LogP contribution < -0.4 is 5.32 Å². The lowest BCUT2D eigenvalue weighted by Gasteiger charge is -2.19. The van der Waals surface area contributed by atoms with E-state index in [9.17, 15) is 28.8 Å². The highest BCUT2D eigenvalue weighted by Gasteiger charge is 2.33. The van der Waals surface area contributed by atoms with Crippen molar-refractivity contribution in [2.24, 2.45) is 0 Å². The minimum absolute atomic E-state index is 0.000204. The fourth-order valence-electron chi connectivity index (χ4n) is 5.36. The molecule has 0 bridgehead atoms. The van der Waals surface area contributed by atoms with Crippen LogP contribution in [0.2, 0.25) is 0 Å². The normalized spacial score (nSPS) is 12.5. The summed E-state index contributed by atoms with van der Waals surface area (Å²) >= 11 is 0. The van der Waals surface area contributed by atoms with E-state index in [1.165, 1.54) is 0 Å². The zero-order valence-electron chi connectivity index (χ0n) is 38.3. The van der Waals surface area contributed by atoms with E-state index >= 15 is 0 Å². The summed E-state index contributed by atoms with van der Waals surface area (Å²) in [4.78, 5) is 75.2. The van der Waals surface area contributed by atoms with Gasteiger partial charge in [-0.15, -0.1) is 0 Å². The largest absolute Gasteiger partial charge is 0.533 e. The maximum absolute atomic E-state index is 12.6. The number of imide groups is 1. The Morgan fingerprint density at radius 2 is 0.891 bits per heavy atom. The van der Waals surface area contributed by atoms with Gasteiger partial charge >= 0.3 is 24.2 Å². The number of hydrogen-bond donors (Lipinski definition) is 1. The Bertz CT molecular complexity index is 1150. The highest BCUT2D eigenvalue weighted by Crippen LogP contribution is 2.13. The van der Waals surface area contributed by atoms with Crippen molar-refractivity contribution in [2.75, 3.05) is 132 Å². The van der Waals surface area contributed by atoms with Crippen molar-refractivity contribution >= 4 is 36.0 Å². The summed E-state index contributed by atoms with van der Waals surface area (Å²) < 4.78 is 65.0. The smallest absolute Gasteiger partial charge is 0.463 e. The highest BCUT2D eigenvalue weighted by atomic mass is 16.8. The molecule has 1 heterocycles. The maximum Gasteiger partial charge on any atom is 0.533 e. The summed E-state index contributed by atoms with van der Waals surface area (Å²) in [6.45, 7) is 9.80. The summed E-state index contributed by atoms with van der Waals surface area (Å²) in [7, 11) is 0. The van der Waals surface area contributed by atoms with E-state index in [2.05, 4.69) is 24.0 Å². The van der Waals surface area contributed by atoms with E-state index in [0.29, 0.717) is 123 Å². The third kappa shape index (κ3) is 36.6. The van der Waals surface area contributed by atoms with Gasteiger partial charge in [0.1, 0.15) is 13.2 Å². The molecule has 0 unspecified atom stereocenters. The molecule has 0 aromatic carbocycles.